The fourth-order valence-electron chi connectivity index (χ4n) is 2.57. The molecule has 2 heterocycles. The fraction of sp³-hybridized carbons (Fsp3) is 0.188. The Labute approximate surface area is 158 Å². The average molecular weight is 386 g/mol. The van der Waals surface area contributed by atoms with E-state index in [0.29, 0.717) is 17.4 Å². The maximum atomic E-state index is 11.3. The van der Waals surface area contributed by atoms with E-state index in [1.54, 1.807) is 12.1 Å². The van der Waals surface area contributed by atoms with Gasteiger partial charge in [-0.15, -0.1) is 0 Å². The second-order valence-corrected chi connectivity index (χ2v) is 6.49. The lowest BCUT2D eigenvalue weighted by atomic mass is 10.1. The number of carbonyl (C=O) groups is 1. The summed E-state index contributed by atoms with van der Waals surface area (Å²) in [6.07, 6.45) is 2.34. The first kappa shape index (κ1) is 17.0. The van der Waals surface area contributed by atoms with Crippen molar-refractivity contribution in [2.75, 3.05) is 16.4 Å². The van der Waals surface area contributed by atoms with Crippen LogP contribution in [-0.2, 0) is 0 Å². The highest BCUT2D eigenvalue weighted by atomic mass is 35.5. The summed E-state index contributed by atoms with van der Waals surface area (Å²) in [6.45, 7) is 0. The van der Waals surface area contributed by atoms with E-state index < -0.39 is 5.91 Å². The van der Waals surface area contributed by atoms with Gasteiger partial charge in [0, 0.05) is 29.1 Å². The average Bonchev–Trinajstić information content (AvgIpc) is 3.34. The van der Waals surface area contributed by atoms with Crippen molar-refractivity contribution in [2.24, 2.45) is 5.73 Å². The van der Waals surface area contributed by atoms with Crippen LogP contribution in [0.4, 0.5) is 29.1 Å². The van der Waals surface area contributed by atoms with Gasteiger partial charge in [0.25, 0.3) is 5.91 Å². The summed E-state index contributed by atoms with van der Waals surface area (Å²) in [5.74, 6) is 1.01. The van der Waals surface area contributed by atoms with E-state index in [1.165, 1.54) is 18.9 Å². The summed E-state index contributed by atoms with van der Waals surface area (Å²) in [7, 11) is 0. The number of amides is 1. The number of rotatable bonds is 6. The van der Waals surface area contributed by atoms with Gasteiger partial charge in [0.15, 0.2) is 5.82 Å². The van der Waals surface area contributed by atoms with Crippen molar-refractivity contribution < 1.29 is 4.79 Å². The lowest BCUT2D eigenvalue weighted by molar-refractivity contribution is 0.100. The van der Waals surface area contributed by atoms with Crippen LogP contribution in [0.15, 0.2) is 24.3 Å². The standard InChI is InChI=1S/C16H16ClN9O/c17-14-22-15(20-8-3-4-9(13(19)27)10(18)5-8)24-16(23-14)21-12-6-11(25-26-12)7-1-2-7/h3-7H,1-2,18H2,(H2,19,27)(H3,20,21,22,23,24,25,26). The highest BCUT2D eigenvalue weighted by molar-refractivity contribution is 6.28. The van der Waals surface area contributed by atoms with Gasteiger partial charge in [0.1, 0.15) is 0 Å². The Bertz CT molecular complexity index is 1010. The quantitative estimate of drug-likeness (QED) is 0.404. The summed E-state index contributed by atoms with van der Waals surface area (Å²) >= 11 is 5.99. The normalized spacial score (nSPS) is 13.4. The smallest absolute Gasteiger partial charge is 0.250 e. The number of anilines is 5. The minimum Gasteiger partial charge on any atom is -0.398 e. The molecular formula is C16H16ClN9O. The molecule has 1 aliphatic rings. The molecule has 11 heteroatoms. The predicted octanol–water partition coefficient (Wildman–Crippen LogP) is 2.29. The fourth-order valence-corrected chi connectivity index (χ4v) is 2.73. The number of hydrogen-bond donors (Lipinski definition) is 5. The van der Waals surface area contributed by atoms with Gasteiger partial charge in [0.05, 0.1) is 5.56 Å². The Morgan fingerprint density at radius 2 is 1.89 bits per heavy atom. The van der Waals surface area contributed by atoms with E-state index in [0.717, 1.165) is 5.69 Å². The zero-order valence-corrected chi connectivity index (χ0v) is 14.8. The Balaban J connectivity index is 1.53. The highest BCUT2D eigenvalue weighted by Gasteiger charge is 2.25. The third kappa shape index (κ3) is 3.90. The van der Waals surface area contributed by atoms with Crippen molar-refractivity contribution in [3.05, 3.63) is 40.8 Å². The minimum absolute atomic E-state index is 0.00896. The van der Waals surface area contributed by atoms with Crippen LogP contribution in [0, 0.1) is 0 Å². The number of carbonyl (C=O) groups excluding carboxylic acids is 1. The van der Waals surface area contributed by atoms with Crippen molar-refractivity contribution >= 4 is 46.6 Å². The van der Waals surface area contributed by atoms with Crippen molar-refractivity contribution in [2.45, 2.75) is 18.8 Å². The molecule has 0 aliphatic heterocycles. The third-order valence-corrected chi connectivity index (χ3v) is 4.21. The second-order valence-electron chi connectivity index (χ2n) is 6.15. The van der Waals surface area contributed by atoms with Crippen LogP contribution in [0.2, 0.25) is 5.28 Å². The summed E-state index contributed by atoms with van der Waals surface area (Å²) in [6, 6.07) is 6.63. The SMILES string of the molecule is NC(=O)c1ccc(Nc2nc(Cl)nc(Nc3cc(C4CC4)[nH]n3)n2)cc1N. The third-order valence-electron chi connectivity index (χ3n) is 4.04. The van der Waals surface area contributed by atoms with Gasteiger partial charge in [-0.05, 0) is 42.6 Å². The Morgan fingerprint density at radius 3 is 2.56 bits per heavy atom. The van der Waals surface area contributed by atoms with Crippen LogP contribution in [-0.4, -0.2) is 31.1 Å². The van der Waals surface area contributed by atoms with E-state index in [2.05, 4.69) is 35.8 Å². The lowest BCUT2D eigenvalue weighted by Crippen LogP contribution is -2.13. The van der Waals surface area contributed by atoms with Gasteiger partial charge in [-0.3, -0.25) is 9.89 Å². The molecule has 1 saturated carbocycles. The van der Waals surface area contributed by atoms with Gasteiger partial charge >= 0.3 is 0 Å². The van der Waals surface area contributed by atoms with Crippen LogP contribution in [0.5, 0.6) is 0 Å². The summed E-state index contributed by atoms with van der Waals surface area (Å²) in [5, 5.41) is 13.2. The van der Waals surface area contributed by atoms with E-state index in [-0.39, 0.29) is 28.4 Å². The van der Waals surface area contributed by atoms with Gasteiger partial charge in [0.2, 0.25) is 17.2 Å². The van der Waals surface area contributed by atoms with E-state index in [9.17, 15) is 4.79 Å². The maximum Gasteiger partial charge on any atom is 0.250 e. The Hall–Kier alpha value is -3.40. The molecule has 1 fully saturated rings. The van der Waals surface area contributed by atoms with Crippen molar-refractivity contribution in [1.82, 2.24) is 25.1 Å². The monoisotopic (exact) mass is 385 g/mol. The molecule has 27 heavy (non-hydrogen) atoms. The zero-order valence-electron chi connectivity index (χ0n) is 14.0. The molecule has 0 radical (unpaired) electrons. The van der Waals surface area contributed by atoms with E-state index >= 15 is 0 Å². The molecule has 0 saturated heterocycles. The Morgan fingerprint density at radius 1 is 1.15 bits per heavy atom. The Kier molecular flexibility index (Phi) is 4.24. The number of nitrogen functional groups attached to an aromatic ring is 1. The lowest BCUT2D eigenvalue weighted by Gasteiger charge is -2.09. The number of aromatic amines is 1. The number of benzene rings is 1. The largest absolute Gasteiger partial charge is 0.398 e. The van der Waals surface area contributed by atoms with Crippen LogP contribution in [0.1, 0.15) is 34.8 Å². The molecule has 138 valence electrons. The molecule has 0 spiro atoms. The van der Waals surface area contributed by atoms with E-state index in [1.807, 2.05) is 6.07 Å². The molecule has 10 nitrogen and oxygen atoms in total. The first-order valence-electron chi connectivity index (χ1n) is 8.18. The molecular weight excluding hydrogens is 370 g/mol. The van der Waals surface area contributed by atoms with Crippen molar-refractivity contribution in [1.29, 1.82) is 0 Å². The molecule has 0 bridgehead atoms. The van der Waals surface area contributed by atoms with Crippen LogP contribution >= 0.6 is 11.6 Å². The number of primary amides is 1. The predicted molar refractivity (Wildman–Crippen MR) is 101 cm³/mol. The summed E-state index contributed by atoms with van der Waals surface area (Å²) in [5.41, 5.74) is 13.2. The number of halogens is 1. The first-order valence-corrected chi connectivity index (χ1v) is 8.56. The molecule has 7 N–H and O–H groups in total. The van der Waals surface area contributed by atoms with Gasteiger partial charge in [-0.25, -0.2) is 0 Å². The minimum atomic E-state index is -0.599. The summed E-state index contributed by atoms with van der Waals surface area (Å²) < 4.78 is 0. The number of nitrogens with one attached hydrogen (secondary N) is 3. The van der Waals surface area contributed by atoms with Crippen molar-refractivity contribution in [3.8, 4) is 0 Å². The number of nitrogens with zero attached hydrogens (tertiary/aromatic N) is 4. The van der Waals surface area contributed by atoms with Gasteiger partial charge < -0.3 is 22.1 Å². The first-order chi connectivity index (χ1) is 13.0. The van der Waals surface area contributed by atoms with Gasteiger partial charge in [-0.1, -0.05) is 0 Å². The van der Waals surface area contributed by atoms with E-state index in [4.69, 9.17) is 23.1 Å². The summed E-state index contributed by atoms with van der Waals surface area (Å²) in [4.78, 5) is 23.6. The molecule has 1 aliphatic carbocycles. The number of hydrogen-bond acceptors (Lipinski definition) is 8. The maximum absolute atomic E-state index is 11.3. The van der Waals surface area contributed by atoms with Gasteiger partial charge in [-0.2, -0.15) is 20.1 Å². The molecule has 1 aromatic carbocycles. The molecule has 1 amide bonds. The van der Waals surface area contributed by atoms with Crippen LogP contribution < -0.4 is 22.1 Å². The zero-order chi connectivity index (χ0) is 19.0. The molecule has 2 aromatic heterocycles. The number of aromatic nitrogens is 5. The molecule has 0 unspecified atom stereocenters. The highest BCUT2D eigenvalue weighted by Crippen LogP contribution is 2.39. The van der Waals surface area contributed by atoms with Crippen LogP contribution in [0.3, 0.4) is 0 Å². The number of nitrogens with two attached hydrogens (primary N) is 2. The van der Waals surface area contributed by atoms with Crippen LogP contribution in [0.25, 0.3) is 0 Å². The molecule has 4 rings (SSSR count). The molecule has 3 aromatic rings. The molecule has 0 atom stereocenters. The second kappa shape index (κ2) is 6.72. The topological polar surface area (TPSA) is 161 Å². The van der Waals surface area contributed by atoms with Crippen molar-refractivity contribution in [3.63, 3.8) is 0 Å². The number of H-pyrrole nitrogens is 1.